The van der Waals surface area contributed by atoms with Gasteiger partial charge in [-0.2, -0.15) is 0 Å². The van der Waals surface area contributed by atoms with Gasteiger partial charge in [-0.15, -0.1) is 0 Å². The second-order valence-electron chi connectivity index (χ2n) is 7.27. The third-order valence-corrected chi connectivity index (χ3v) is 6.79. The van der Waals surface area contributed by atoms with Crippen LogP contribution in [0.2, 0.25) is 0 Å². The topological polar surface area (TPSA) is 49.4 Å². The molecule has 0 unspecified atom stereocenters. The van der Waals surface area contributed by atoms with Crippen LogP contribution in [-0.4, -0.2) is 33.0 Å². The lowest BCUT2D eigenvalue weighted by Gasteiger charge is -2.28. The number of aryl methyl sites for hydroxylation is 3. The summed E-state index contributed by atoms with van der Waals surface area (Å²) in [5.41, 5.74) is 5.54. The molecule has 1 N–H and O–H groups in total. The van der Waals surface area contributed by atoms with Crippen molar-refractivity contribution >= 4 is 10.0 Å². The number of hydrogen-bond donors (Lipinski definition) is 1. The number of fused-ring (bicyclic) bond motifs is 1. The van der Waals surface area contributed by atoms with Gasteiger partial charge in [-0.25, -0.2) is 13.1 Å². The van der Waals surface area contributed by atoms with Crippen LogP contribution < -0.4 is 4.72 Å². The second kappa shape index (κ2) is 7.91. The number of nitrogens with one attached hydrogen (secondary N) is 1. The summed E-state index contributed by atoms with van der Waals surface area (Å²) in [6.45, 7) is 9.08. The lowest BCUT2D eigenvalue weighted by atomic mass is 10.00. The summed E-state index contributed by atoms with van der Waals surface area (Å²) in [4.78, 5) is 2.83. The molecule has 140 valence electrons. The first-order chi connectivity index (χ1) is 12.4. The molecule has 2 aromatic carbocycles. The maximum Gasteiger partial charge on any atom is 0.241 e. The number of sulfonamides is 1. The molecule has 1 heterocycles. The van der Waals surface area contributed by atoms with E-state index in [0.717, 1.165) is 49.2 Å². The number of benzene rings is 2. The van der Waals surface area contributed by atoms with Gasteiger partial charge in [-0.05, 0) is 62.4 Å². The molecule has 0 saturated heterocycles. The molecular formula is C21H28N2O2S. The molecule has 0 amide bonds. The van der Waals surface area contributed by atoms with Crippen LogP contribution in [0.3, 0.4) is 0 Å². The predicted molar refractivity (Wildman–Crippen MR) is 106 cm³/mol. The SMILES string of the molecule is Cc1cc(C)c(S(=O)(=O)NCCCN2CCc3ccccc3C2)c(C)c1. The Labute approximate surface area is 157 Å². The van der Waals surface area contributed by atoms with E-state index in [9.17, 15) is 8.42 Å². The van der Waals surface area contributed by atoms with Crippen LogP contribution in [0.15, 0.2) is 41.3 Å². The van der Waals surface area contributed by atoms with Gasteiger partial charge >= 0.3 is 0 Å². The molecule has 0 spiro atoms. The van der Waals surface area contributed by atoms with E-state index in [1.807, 2.05) is 32.9 Å². The highest BCUT2D eigenvalue weighted by molar-refractivity contribution is 7.89. The van der Waals surface area contributed by atoms with Crippen molar-refractivity contribution in [1.82, 2.24) is 9.62 Å². The molecule has 1 aliphatic rings. The third kappa shape index (κ3) is 4.34. The lowest BCUT2D eigenvalue weighted by Crippen LogP contribution is -2.34. The first-order valence-corrected chi connectivity index (χ1v) is 10.7. The molecule has 4 nitrogen and oxygen atoms in total. The molecule has 0 bridgehead atoms. The molecule has 0 aromatic heterocycles. The Hall–Kier alpha value is -1.69. The van der Waals surface area contributed by atoms with Crippen molar-refractivity contribution in [3.05, 3.63) is 64.2 Å². The van der Waals surface area contributed by atoms with Gasteiger partial charge in [-0.1, -0.05) is 42.0 Å². The van der Waals surface area contributed by atoms with Crippen molar-refractivity contribution in [1.29, 1.82) is 0 Å². The molecule has 3 rings (SSSR count). The van der Waals surface area contributed by atoms with Crippen molar-refractivity contribution in [3.8, 4) is 0 Å². The number of hydrogen-bond acceptors (Lipinski definition) is 3. The van der Waals surface area contributed by atoms with Crippen LogP contribution in [0.25, 0.3) is 0 Å². The van der Waals surface area contributed by atoms with E-state index in [0.29, 0.717) is 11.4 Å². The Morgan fingerprint density at radius 3 is 2.38 bits per heavy atom. The largest absolute Gasteiger partial charge is 0.299 e. The zero-order chi connectivity index (χ0) is 18.7. The first-order valence-electron chi connectivity index (χ1n) is 9.23. The minimum Gasteiger partial charge on any atom is -0.299 e. The van der Waals surface area contributed by atoms with E-state index < -0.39 is 10.0 Å². The number of nitrogens with zero attached hydrogens (tertiary/aromatic N) is 1. The highest BCUT2D eigenvalue weighted by Gasteiger charge is 2.20. The number of rotatable bonds is 6. The van der Waals surface area contributed by atoms with Gasteiger partial charge in [0, 0.05) is 19.6 Å². The quantitative estimate of drug-likeness (QED) is 0.791. The lowest BCUT2D eigenvalue weighted by molar-refractivity contribution is 0.251. The molecule has 5 heteroatoms. The fraction of sp³-hybridized carbons (Fsp3) is 0.429. The summed E-state index contributed by atoms with van der Waals surface area (Å²) in [5.74, 6) is 0. The van der Waals surface area contributed by atoms with Crippen molar-refractivity contribution in [2.24, 2.45) is 0 Å². The molecule has 26 heavy (non-hydrogen) atoms. The van der Waals surface area contributed by atoms with E-state index >= 15 is 0 Å². The Kier molecular flexibility index (Phi) is 5.80. The maximum atomic E-state index is 12.7. The van der Waals surface area contributed by atoms with Gasteiger partial charge in [0.1, 0.15) is 0 Å². The van der Waals surface area contributed by atoms with E-state index in [1.165, 1.54) is 11.1 Å². The van der Waals surface area contributed by atoms with Crippen molar-refractivity contribution < 1.29 is 8.42 Å². The Morgan fingerprint density at radius 1 is 1.04 bits per heavy atom. The fourth-order valence-electron chi connectivity index (χ4n) is 3.92. The van der Waals surface area contributed by atoms with E-state index in [2.05, 4.69) is 33.9 Å². The van der Waals surface area contributed by atoms with E-state index in [4.69, 9.17) is 0 Å². The molecule has 0 fully saturated rings. The normalized spacial score (nSPS) is 15.0. The molecule has 2 aromatic rings. The first kappa shape index (κ1) is 19.1. The van der Waals surface area contributed by atoms with Gasteiger partial charge in [0.15, 0.2) is 0 Å². The fourth-order valence-corrected chi connectivity index (χ4v) is 5.44. The van der Waals surface area contributed by atoms with Crippen molar-refractivity contribution in [3.63, 3.8) is 0 Å². The Bertz CT molecular complexity index is 868. The summed E-state index contributed by atoms with van der Waals surface area (Å²) in [7, 11) is -3.46. The average molecular weight is 373 g/mol. The summed E-state index contributed by atoms with van der Waals surface area (Å²) in [5, 5.41) is 0. The minimum absolute atomic E-state index is 0.426. The minimum atomic E-state index is -3.46. The Morgan fingerprint density at radius 2 is 1.69 bits per heavy atom. The molecule has 1 aliphatic heterocycles. The summed E-state index contributed by atoms with van der Waals surface area (Å²) < 4.78 is 28.1. The molecule has 0 aliphatic carbocycles. The van der Waals surface area contributed by atoms with Crippen LogP contribution in [0.1, 0.15) is 34.2 Å². The van der Waals surface area contributed by atoms with Gasteiger partial charge in [0.2, 0.25) is 10.0 Å². The maximum absolute atomic E-state index is 12.7. The van der Waals surface area contributed by atoms with Crippen LogP contribution >= 0.6 is 0 Å². The summed E-state index contributed by atoms with van der Waals surface area (Å²) in [6.07, 6.45) is 1.88. The molecule has 0 saturated carbocycles. The summed E-state index contributed by atoms with van der Waals surface area (Å²) >= 11 is 0. The zero-order valence-corrected chi connectivity index (χ0v) is 16.7. The Balaban J connectivity index is 1.54. The monoisotopic (exact) mass is 372 g/mol. The van der Waals surface area contributed by atoms with Crippen molar-refractivity contribution in [2.75, 3.05) is 19.6 Å². The van der Waals surface area contributed by atoms with Crippen LogP contribution in [0.5, 0.6) is 0 Å². The zero-order valence-electron chi connectivity index (χ0n) is 15.9. The van der Waals surface area contributed by atoms with Gasteiger partial charge in [-0.3, -0.25) is 4.90 Å². The highest BCUT2D eigenvalue weighted by atomic mass is 32.2. The third-order valence-electron chi connectivity index (χ3n) is 5.03. The van der Waals surface area contributed by atoms with Gasteiger partial charge in [0.05, 0.1) is 4.90 Å². The van der Waals surface area contributed by atoms with Crippen LogP contribution in [-0.2, 0) is 23.0 Å². The van der Waals surface area contributed by atoms with Crippen LogP contribution in [0.4, 0.5) is 0 Å². The van der Waals surface area contributed by atoms with Crippen LogP contribution in [0, 0.1) is 20.8 Å². The molecule has 0 radical (unpaired) electrons. The predicted octanol–water partition coefficient (Wildman–Crippen LogP) is 3.34. The second-order valence-corrected chi connectivity index (χ2v) is 8.98. The standard InChI is InChI=1S/C21H28N2O2S/c1-16-13-17(2)21(18(3)14-16)26(24,25)22-10-6-11-23-12-9-19-7-4-5-8-20(19)15-23/h4-5,7-8,13-14,22H,6,9-12,15H2,1-3H3. The smallest absolute Gasteiger partial charge is 0.241 e. The summed E-state index contributed by atoms with van der Waals surface area (Å²) in [6, 6.07) is 12.4. The van der Waals surface area contributed by atoms with E-state index in [1.54, 1.807) is 0 Å². The average Bonchev–Trinajstić information content (AvgIpc) is 2.57. The van der Waals surface area contributed by atoms with Gasteiger partial charge in [0.25, 0.3) is 0 Å². The molecule has 0 atom stereocenters. The highest BCUT2D eigenvalue weighted by Crippen LogP contribution is 2.22. The van der Waals surface area contributed by atoms with E-state index in [-0.39, 0.29) is 0 Å². The molecular weight excluding hydrogens is 344 g/mol. The van der Waals surface area contributed by atoms with Crippen molar-refractivity contribution in [2.45, 2.75) is 45.1 Å². The van der Waals surface area contributed by atoms with Gasteiger partial charge < -0.3 is 0 Å².